The normalized spacial score (nSPS) is 21.5. The van der Waals surface area contributed by atoms with E-state index in [2.05, 4.69) is 65.3 Å². The molecule has 3 heteroatoms. The predicted molar refractivity (Wildman–Crippen MR) is 82.6 cm³/mol. The summed E-state index contributed by atoms with van der Waals surface area (Å²) < 4.78 is 1.33. The van der Waals surface area contributed by atoms with Crippen LogP contribution in [0, 0.1) is 10.5 Å². The predicted octanol–water partition coefficient (Wildman–Crippen LogP) is 3.54. The van der Waals surface area contributed by atoms with E-state index >= 15 is 0 Å². The van der Waals surface area contributed by atoms with Gasteiger partial charge < -0.3 is 10.6 Å². The highest BCUT2D eigenvalue weighted by Gasteiger charge is 2.16. The summed E-state index contributed by atoms with van der Waals surface area (Å²) in [5, 5.41) is 7.14. The van der Waals surface area contributed by atoms with Crippen molar-refractivity contribution in [3.05, 3.63) is 27.3 Å². The quantitative estimate of drug-likeness (QED) is 0.817. The van der Waals surface area contributed by atoms with E-state index in [4.69, 9.17) is 0 Å². The van der Waals surface area contributed by atoms with Gasteiger partial charge in [0.05, 0.1) is 0 Å². The molecular formula is C14H21IN2. The number of rotatable bonds is 4. The largest absolute Gasteiger partial charge is 0.383 e. The van der Waals surface area contributed by atoms with Gasteiger partial charge in [-0.2, -0.15) is 0 Å². The van der Waals surface area contributed by atoms with Gasteiger partial charge in [0.1, 0.15) is 0 Å². The highest BCUT2D eigenvalue weighted by atomic mass is 127. The van der Waals surface area contributed by atoms with Gasteiger partial charge in [-0.05, 0) is 79.9 Å². The van der Waals surface area contributed by atoms with Crippen LogP contribution in [-0.2, 0) is 0 Å². The van der Waals surface area contributed by atoms with Crippen LogP contribution in [-0.4, -0.2) is 18.6 Å². The molecule has 1 aromatic carbocycles. The van der Waals surface area contributed by atoms with E-state index in [1.54, 1.807) is 0 Å². The molecule has 0 saturated carbocycles. The third kappa shape index (κ3) is 3.85. The number of benzene rings is 1. The van der Waals surface area contributed by atoms with Crippen molar-refractivity contribution in [1.29, 1.82) is 0 Å². The summed E-state index contributed by atoms with van der Waals surface area (Å²) in [7, 11) is 0. The molecular weight excluding hydrogens is 323 g/mol. The van der Waals surface area contributed by atoms with Gasteiger partial charge in [0.25, 0.3) is 0 Å². The molecule has 17 heavy (non-hydrogen) atoms. The average molecular weight is 344 g/mol. The smallest absolute Gasteiger partial charge is 0.0353 e. The number of hydrogen-bond donors (Lipinski definition) is 2. The standard InChI is InChI=1S/C14H21IN2/c1-10-5-6-13(9-14(10)15)17-11(2)8-12-4-3-7-16-12/h5-6,9,11-12,16-17H,3-4,7-8H2,1-2H3. The summed E-state index contributed by atoms with van der Waals surface area (Å²) in [6, 6.07) is 7.83. The fourth-order valence-electron chi connectivity index (χ4n) is 2.41. The van der Waals surface area contributed by atoms with E-state index in [9.17, 15) is 0 Å². The van der Waals surface area contributed by atoms with E-state index in [-0.39, 0.29) is 0 Å². The maximum Gasteiger partial charge on any atom is 0.0353 e. The van der Waals surface area contributed by atoms with Gasteiger partial charge in [-0.25, -0.2) is 0 Å². The van der Waals surface area contributed by atoms with Crippen LogP contribution in [0.4, 0.5) is 5.69 Å². The number of hydrogen-bond acceptors (Lipinski definition) is 2. The molecule has 0 bridgehead atoms. The van der Waals surface area contributed by atoms with Gasteiger partial charge in [-0.15, -0.1) is 0 Å². The Bertz CT molecular complexity index is 372. The first kappa shape index (κ1) is 13.1. The summed E-state index contributed by atoms with van der Waals surface area (Å²) in [4.78, 5) is 0. The molecule has 1 aliphatic rings. The van der Waals surface area contributed by atoms with Crippen molar-refractivity contribution in [3.8, 4) is 0 Å². The SMILES string of the molecule is Cc1ccc(NC(C)CC2CCCN2)cc1I. The summed E-state index contributed by atoms with van der Waals surface area (Å²) in [5.41, 5.74) is 2.59. The van der Waals surface area contributed by atoms with E-state index in [0.29, 0.717) is 12.1 Å². The Kier molecular flexibility index (Phi) is 4.68. The Morgan fingerprint density at radius 2 is 2.35 bits per heavy atom. The van der Waals surface area contributed by atoms with Crippen LogP contribution in [0.2, 0.25) is 0 Å². The van der Waals surface area contributed by atoms with E-state index in [1.807, 2.05) is 0 Å². The van der Waals surface area contributed by atoms with E-state index < -0.39 is 0 Å². The minimum Gasteiger partial charge on any atom is -0.383 e. The lowest BCUT2D eigenvalue weighted by molar-refractivity contribution is 0.523. The minimum absolute atomic E-state index is 0.532. The zero-order valence-corrected chi connectivity index (χ0v) is 12.8. The Morgan fingerprint density at radius 3 is 3.00 bits per heavy atom. The van der Waals surface area contributed by atoms with E-state index in [0.717, 1.165) is 0 Å². The zero-order valence-electron chi connectivity index (χ0n) is 10.6. The van der Waals surface area contributed by atoms with Crippen molar-refractivity contribution in [2.24, 2.45) is 0 Å². The van der Waals surface area contributed by atoms with Crippen molar-refractivity contribution >= 4 is 28.3 Å². The lowest BCUT2D eigenvalue weighted by Gasteiger charge is -2.19. The lowest BCUT2D eigenvalue weighted by Crippen LogP contribution is -2.29. The van der Waals surface area contributed by atoms with Gasteiger partial charge in [0, 0.05) is 21.3 Å². The lowest BCUT2D eigenvalue weighted by atomic mass is 10.1. The van der Waals surface area contributed by atoms with Crippen molar-refractivity contribution in [2.45, 2.75) is 45.2 Å². The molecule has 2 N–H and O–H groups in total. The second-order valence-corrected chi connectivity index (χ2v) is 6.20. The Balaban J connectivity index is 1.88. The molecule has 1 heterocycles. The second-order valence-electron chi connectivity index (χ2n) is 5.04. The number of aryl methyl sites for hydroxylation is 1. The molecule has 1 aliphatic heterocycles. The van der Waals surface area contributed by atoms with Crippen molar-refractivity contribution in [3.63, 3.8) is 0 Å². The molecule has 1 aromatic rings. The molecule has 2 nitrogen and oxygen atoms in total. The van der Waals surface area contributed by atoms with Gasteiger partial charge in [-0.3, -0.25) is 0 Å². The van der Waals surface area contributed by atoms with Gasteiger partial charge >= 0.3 is 0 Å². The summed E-state index contributed by atoms with van der Waals surface area (Å²) in [6.07, 6.45) is 3.88. The molecule has 0 aromatic heterocycles. The Morgan fingerprint density at radius 1 is 1.53 bits per heavy atom. The van der Waals surface area contributed by atoms with Crippen LogP contribution >= 0.6 is 22.6 Å². The molecule has 0 amide bonds. The highest BCUT2D eigenvalue weighted by molar-refractivity contribution is 14.1. The first-order chi connectivity index (χ1) is 8.15. The van der Waals surface area contributed by atoms with Crippen LogP contribution in [0.15, 0.2) is 18.2 Å². The fraction of sp³-hybridized carbons (Fsp3) is 0.571. The molecule has 94 valence electrons. The van der Waals surface area contributed by atoms with Gasteiger partial charge in [0.2, 0.25) is 0 Å². The maximum atomic E-state index is 3.59. The Labute approximate surface area is 118 Å². The molecule has 2 atom stereocenters. The van der Waals surface area contributed by atoms with Gasteiger partial charge in [0.15, 0.2) is 0 Å². The minimum atomic E-state index is 0.532. The number of halogens is 1. The van der Waals surface area contributed by atoms with Crippen LogP contribution in [0.5, 0.6) is 0 Å². The third-order valence-corrected chi connectivity index (χ3v) is 4.55. The topological polar surface area (TPSA) is 24.1 Å². The monoisotopic (exact) mass is 344 g/mol. The number of nitrogens with one attached hydrogen (secondary N) is 2. The van der Waals surface area contributed by atoms with Crippen LogP contribution in [0.1, 0.15) is 31.7 Å². The van der Waals surface area contributed by atoms with Crippen LogP contribution in [0.3, 0.4) is 0 Å². The van der Waals surface area contributed by atoms with Gasteiger partial charge in [-0.1, -0.05) is 6.07 Å². The second kappa shape index (κ2) is 6.05. The molecule has 0 spiro atoms. The first-order valence-electron chi connectivity index (χ1n) is 6.41. The molecule has 0 radical (unpaired) electrons. The highest BCUT2D eigenvalue weighted by Crippen LogP contribution is 2.19. The molecule has 0 aliphatic carbocycles. The van der Waals surface area contributed by atoms with Crippen LogP contribution < -0.4 is 10.6 Å². The molecule has 1 fully saturated rings. The Hall–Kier alpha value is -0.290. The van der Waals surface area contributed by atoms with Crippen molar-refractivity contribution in [2.75, 3.05) is 11.9 Å². The van der Waals surface area contributed by atoms with Crippen molar-refractivity contribution in [1.82, 2.24) is 5.32 Å². The number of anilines is 1. The first-order valence-corrected chi connectivity index (χ1v) is 7.49. The summed E-state index contributed by atoms with van der Waals surface area (Å²) in [5.74, 6) is 0. The summed E-state index contributed by atoms with van der Waals surface area (Å²) in [6.45, 7) is 5.62. The van der Waals surface area contributed by atoms with Crippen molar-refractivity contribution < 1.29 is 0 Å². The average Bonchev–Trinajstić information content (AvgIpc) is 2.76. The molecule has 1 saturated heterocycles. The molecule has 2 rings (SSSR count). The fourth-order valence-corrected chi connectivity index (χ4v) is 2.93. The van der Waals surface area contributed by atoms with E-state index in [1.165, 1.54) is 40.6 Å². The maximum absolute atomic E-state index is 3.59. The third-order valence-electron chi connectivity index (χ3n) is 3.39. The van der Waals surface area contributed by atoms with Crippen LogP contribution in [0.25, 0.3) is 0 Å². The molecule has 2 unspecified atom stereocenters. The zero-order chi connectivity index (χ0) is 12.3. The summed E-state index contributed by atoms with van der Waals surface area (Å²) >= 11 is 2.39.